The van der Waals surface area contributed by atoms with E-state index < -0.39 is 0 Å². The first kappa shape index (κ1) is 11.0. The summed E-state index contributed by atoms with van der Waals surface area (Å²) in [6.07, 6.45) is 8.47. The Morgan fingerprint density at radius 3 is 2.69 bits per heavy atom. The zero-order valence-electron chi connectivity index (χ0n) is 9.47. The van der Waals surface area contributed by atoms with E-state index in [2.05, 4.69) is 26.2 Å². The molecule has 0 spiro atoms. The smallest absolute Gasteiger partial charge is 0.00925 e. The summed E-state index contributed by atoms with van der Waals surface area (Å²) in [5.74, 6) is 1.92. The molecule has 1 aliphatic carbocycles. The molecule has 0 radical (unpaired) electrons. The highest BCUT2D eigenvalue weighted by atomic mass is 14.9. The third kappa shape index (κ3) is 3.30. The molecule has 1 aliphatic rings. The lowest BCUT2D eigenvalue weighted by molar-refractivity contribution is 0.207. The molecule has 1 rings (SSSR count). The van der Waals surface area contributed by atoms with Crippen LogP contribution in [-0.2, 0) is 0 Å². The van der Waals surface area contributed by atoms with Gasteiger partial charge in [0.1, 0.15) is 0 Å². The van der Waals surface area contributed by atoms with Gasteiger partial charge in [0, 0.05) is 6.04 Å². The fourth-order valence-electron chi connectivity index (χ4n) is 2.66. The predicted molar refractivity (Wildman–Crippen MR) is 58.9 cm³/mol. The number of hydrogen-bond donors (Lipinski definition) is 1. The van der Waals surface area contributed by atoms with Crippen LogP contribution in [0.2, 0.25) is 0 Å². The maximum absolute atomic E-state index is 3.48. The van der Waals surface area contributed by atoms with Crippen molar-refractivity contribution >= 4 is 0 Å². The summed E-state index contributed by atoms with van der Waals surface area (Å²) < 4.78 is 0. The molecule has 3 atom stereocenters. The standard InChI is InChI=1S/C12H25N/c1-4-5-6-11-9-10(2)7-8-12(11)13-3/h10-13H,4-9H2,1-3H3. The van der Waals surface area contributed by atoms with Crippen LogP contribution >= 0.6 is 0 Å². The van der Waals surface area contributed by atoms with Gasteiger partial charge >= 0.3 is 0 Å². The monoisotopic (exact) mass is 183 g/mol. The van der Waals surface area contributed by atoms with Crippen molar-refractivity contribution in [1.82, 2.24) is 5.32 Å². The van der Waals surface area contributed by atoms with Gasteiger partial charge in [-0.1, -0.05) is 26.7 Å². The number of hydrogen-bond acceptors (Lipinski definition) is 1. The van der Waals surface area contributed by atoms with E-state index in [1.165, 1.54) is 38.5 Å². The van der Waals surface area contributed by atoms with Crippen molar-refractivity contribution in [2.45, 2.75) is 58.4 Å². The van der Waals surface area contributed by atoms with Gasteiger partial charge in [-0.2, -0.15) is 0 Å². The second-order valence-corrected chi connectivity index (χ2v) is 4.72. The topological polar surface area (TPSA) is 12.0 Å². The van der Waals surface area contributed by atoms with Gasteiger partial charge < -0.3 is 5.32 Å². The van der Waals surface area contributed by atoms with Crippen LogP contribution in [0.25, 0.3) is 0 Å². The first-order chi connectivity index (χ1) is 6.27. The van der Waals surface area contributed by atoms with Crippen molar-refractivity contribution in [2.75, 3.05) is 7.05 Å². The van der Waals surface area contributed by atoms with Gasteiger partial charge in [0.25, 0.3) is 0 Å². The third-order valence-electron chi connectivity index (χ3n) is 3.54. The SMILES string of the molecule is CCCCC1CC(C)CCC1NC. The van der Waals surface area contributed by atoms with Crippen molar-refractivity contribution in [3.63, 3.8) is 0 Å². The Hall–Kier alpha value is -0.0400. The molecule has 0 aliphatic heterocycles. The van der Waals surface area contributed by atoms with Crippen LogP contribution in [0.1, 0.15) is 52.4 Å². The molecule has 0 aromatic rings. The highest BCUT2D eigenvalue weighted by Gasteiger charge is 2.26. The fraction of sp³-hybridized carbons (Fsp3) is 1.00. The number of unbranched alkanes of at least 4 members (excludes halogenated alkanes) is 1. The molecule has 0 bridgehead atoms. The highest BCUT2D eigenvalue weighted by molar-refractivity contribution is 4.82. The zero-order chi connectivity index (χ0) is 9.68. The summed E-state index contributed by atoms with van der Waals surface area (Å²) in [5, 5.41) is 3.48. The highest BCUT2D eigenvalue weighted by Crippen LogP contribution is 2.31. The Labute approximate surface area is 83.3 Å². The van der Waals surface area contributed by atoms with Gasteiger partial charge in [-0.05, 0) is 44.6 Å². The summed E-state index contributed by atoms with van der Waals surface area (Å²) in [6.45, 7) is 4.70. The third-order valence-corrected chi connectivity index (χ3v) is 3.54. The largest absolute Gasteiger partial charge is 0.317 e. The van der Waals surface area contributed by atoms with Crippen LogP contribution in [0.5, 0.6) is 0 Å². The average Bonchev–Trinajstić information content (AvgIpc) is 2.15. The summed E-state index contributed by atoms with van der Waals surface area (Å²) in [7, 11) is 2.12. The Bertz CT molecular complexity index is 133. The minimum absolute atomic E-state index is 0.808. The van der Waals surface area contributed by atoms with Crippen molar-refractivity contribution in [1.29, 1.82) is 0 Å². The molecule has 1 fully saturated rings. The van der Waals surface area contributed by atoms with Gasteiger partial charge in [0.15, 0.2) is 0 Å². The second-order valence-electron chi connectivity index (χ2n) is 4.72. The molecule has 13 heavy (non-hydrogen) atoms. The molecule has 78 valence electrons. The Kier molecular flexibility index (Phi) is 4.79. The van der Waals surface area contributed by atoms with Gasteiger partial charge in [-0.25, -0.2) is 0 Å². The first-order valence-electron chi connectivity index (χ1n) is 5.95. The Morgan fingerprint density at radius 1 is 1.31 bits per heavy atom. The van der Waals surface area contributed by atoms with E-state index in [9.17, 15) is 0 Å². The molecule has 0 heterocycles. The predicted octanol–water partition coefficient (Wildman–Crippen LogP) is 3.20. The maximum atomic E-state index is 3.48. The molecule has 0 aromatic heterocycles. The quantitative estimate of drug-likeness (QED) is 0.706. The fourth-order valence-corrected chi connectivity index (χ4v) is 2.66. The summed E-state index contributed by atoms with van der Waals surface area (Å²) in [5.41, 5.74) is 0. The molecule has 0 amide bonds. The van der Waals surface area contributed by atoms with E-state index >= 15 is 0 Å². The summed E-state index contributed by atoms with van der Waals surface area (Å²) in [4.78, 5) is 0. The zero-order valence-corrected chi connectivity index (χ0v) is 9.47. The normalized spacial score (nSPS) is 34.8. The van der Waals surface area contributed by atoms with E-state index in [1.807, 2.05) is 0 Å². The van der Waals surface area contributed by atoms with Crippen LogP contribution in [-0.4, -0.2) is 13.1 Å². The van der Waals surface area contributed by atoms with Crippen molar-refractivity contribution in [3.8, 4) is 0 Å². The van der Waals surface area contributed by atoms with Crippen LogP contribution in [0.15, 0.2) is 0 Å². The van der Waals surface area contributed by atoms with Crippen molar-refractivity contribution < 1.29 is 0 Å². The summed E-state index contributed by atoms with van der Waals surface area (Å²) in [6, 6.07) is 0.808. The van der Waals surface area contributed by atoms with Crippen molar-refractivity contribution in [2.24, 2.45) is 11.8 Å². The molecule has 1 saturated carbocycles. The minimum Gasteiger partial charge on any atom is -0.317 e. The average molecular weight is 183 g/mol. The van der Waals surface area contributed by atoms with Gasteiger partial charge in [-0.3, -0.25) is 0 Å². The van der Waals surface area contributed by atoms with Gasteiger partial charge in [0.2, 0.25) is 0 Å². The van der Waals surface area contributed by atoms with Gasteiger partial charge in [0.05, 0.1) is 0 Å². The van der Waals surface area contributed by atoms with Gasteiger partial charge in [-0.15, -0.1) is 0 Å². The van der Waals surface area contributed by atoms with Crippen molar-refractivity contribution in [3.05, 3.63) is 0 Å². The van der Waals surface area contributed by atoms with E-state index in [4.69, 9.17) is 0 Å². The van der Waals surface area contributed by atoms with E-state index in [0.29, 0.717) is 0 Å². The van der Waals surface area contributed by atoms with E-state index in [1.54, 1.807) is 0 Å². The molecular weight excluding hydrogens is 158 g/mol. The van der Waals surface area contributed by atoms with E-state index in [0.717, 1.165) is 17.9 Å². The van der Waals surface area contributed by atoms with Crippen LogP contribution in [0.4, 0.5) is 0 Å². The lowest BCUT2D eigenvalue weighted by Crippen LogP contribution is -2.38. The molecule has 0 saturated heterocycles. The Balaban J connectivity index is 2.35. The minimum atomic E-state index is 0.808. The Morgan fingerprint density at radius 2 is 2.08 bits per heavy atom. The van der Waals surface area contributed by atoms with Crippen LogP contribution in [0, 0.1) is 11.8 Å². The molecule has 0 aromatic carbocycles. The van der Waals surface area contributed by atoms with E-state index in [-0.39, 0.29) is 0 Å². The second kappa shape index (κ2) is 5.64. The molecule has 1 N–H and O–H groups in total. The van der Waals surface area contributed by atoms with Crippen LogP contribution < -0.4 is 5.32 Å². The lowest BCUT2D eigenvalue weighted by atomic mass is 9.76. The molecular formula is C12H25N. The molecule has 1 heteroatoms. The lowest BCUT2D eigenvalue weighted by Gasteiger charge is -2.34. The molecule has 1 nitrogen and oxygen atoms in total. The van der Waals surface area contributed by atoms with Crippen LogP contribution in [0.3, 0.4) is 0 Å². The maximum Gasteiger partial charge on any atom is 0.00925 e. The summed E-state index contributed by atoms with van der Waals surface area (Å²) >= 11 is 0. The number of rotatable bonds is 4. The first-order valence-corrected chi connectivity index (χ1v) is 5.95. The number of nitrogens with one attached hydrogen (secondary N) is 1. The molecule has 3 unspecified atom stereocenters.